The first-order valence-electron chi connectivity index (χ1n) is 9.12. The molecule has 0 saturated heterocycles. The zero-order chi connectivity index (χ0) is 15.4. The van der Waals surface area contributed by atoms with Crippen LogP contribution in [0, 0.1) is 0 Å². The third kappa shape index (κ3) is 19.9. The molecule has 0 fully saturated rings. The number of allylic oxidation sites excluding steroid dienone is 2. The summed E-state index contributed by atoms with van der Waals surface area (Å²) in [5.41, 5.74) is 0. The van der Waals surface area contributed by atoms with Crippen LogP contribution in [-0.4, -0.2) is 6.61 Å². The van der Waals surface area contributed by atoms with Gasteiger partial charge in [-0.05, 0) is 32.1 Å². The smallest absolute Gasteiger partial charge is 0.179 e. The molecule has 0 saturated carbocycles. The Morgan fingerprint density at radius 3 is 1.71 bits per heavy atom. The van der Waals surface area contributed by atoms with Gasteiger partial charge in [-0.3, -0.25) is 4.57 Å². The molecule has 1 atom stereocenters. The Balaban J connectivity index is 3.03. The Morgan fingerprint density at radius 2 is 1.19 bits per heavy atom. The molecule has 126 valence electrons. The zero-order valence-corrected chi connectivity index (χ0v) is 15.3. The van der Waals surface area contributed by atoms with Crippen LogP contribution in [0.25, 0.3) is 0 Å². The molecule has 1 unspecified atom stereocenters. The first kappa shape index (κ1) is 20.9. The van der Waals surface area contributed by atoms with E-state index in [1.54, 1.807) is 0 Å². The molecule has 2 nitrogen and oxygen atoms in total. The Kier molecular flexibility index (Phi) is 19.9. The highest BCUT2D eigenvalue weighted by Crippen LogP contribution is 2.10. The summed E-state index contributed by atoms with van der Waals surface area (Å²) in [7, 11) is -0.999. The highest BCUT2D eigenvalue weighted by atomic mass is 31.1. The Hall–Kier alpha value is -0.0700. The van der Waals surface area contributed by atoms with Gasteiger partial charge in [0, 0.05) is 0 Å². The van der Waals surface area contributed by atoms with E-state index in [0.29, 0.717) is 6.61 Å². The summed E-state index contributed by atoms with van der Waals surface area (Å²) >= 11 is 0. The Morgan fingerprint density at radius 1 is 0.714 bits per heavy atom. The van der Waals surface area contributed by atoms with Crippen LogP contribution in [0.2, 0.25) is 0 Å². The molecule has 21 heavy (non-hydrogen) atoms. The van der Waals surface area contributed by atoms with Crippen molar-refractivity contribution in [2.24, 2.45) is 0 Å². The molecular weight excluding hydrogens is 279 g/mol. The van der Waals surface area contributed by atoms with Crippen LogP contribution >= 0.6 is 8.69 Å². The van der Waals surface area contributed by atoms with E-state index in [2.05, 4.69) is 19.1 Å². The monoisotopic (exact) mass is 316 g/mol. The molecule has 0 radical (unpaired) electrons. The molecule has 0 heterocycles. The standard InChI is InChI=1S/C18H37O2P/c1-2-3-4-5-6-7-8-9-10-11-12-13-14-15-16-17-18-20-21-19/h9-10H,2-8,11-18,21H2,1H3/b10-9-. The fourth-order valence-electron chi connectivity index (χ4n) is 2.48. The van der Waals surface area contributed by atoms with Crippen LogP contribution in [0.1, 0.15) is 96.8 Å². The molecule has 0 N–H and O–H groups in total. The van der Waals surface area contributed by atoms with E-state index in [1.165, 1.54) is 83.5 Å². The number of unbranched alkanes of at least 4 members (excludes halogenated alkanes) is 12. The van der Waals surface area contributed by atoms with Crippen LogP contribution in [0.5, 0.6) is 0 Å². The van der Waals surface area contributed by atoms with Crippen molar-refractivity contribution < 1.29 is 9.09 Å². The normalized spacial score (nSPS) is 12.0. The first-order valence-corrected chi connectivity index (χ1v) is 10.1. The summed E-state index contributed by atoms with van der Waals surface area (Å²) in [4.78, 5) is 0. The second-order valence-corrected chi connectivity index (χ2v) is 6.43. The molecule has 0 aliphatic heterocycles. The SMILES string of the molecule is CCCCCCCC/C=C\CCCCCCCCO[PH2]=O. The van der Waals surface area contributed by atoms with E-state index in [0.717, 1.165) is 6.42 Å². The molecule has 0 aromatic heterocycles. The second-order valence-electron chi connectivity index (χ2n) is 5.90. The van der Waals surface area contributed by atoms with Crippen molar-refractivity contribution in [3.8, 4) is 0 Å². The molecule has 0 spiro atoms. The summed E-state index contributed by atoms with van der Waals surface area (Å²) in [5, 5.41) is 0. The maximum absolute atomic E-state index is 10.1. The molecule has 0 amide bonds. The third-order valence-corrected chi connectivity index (χ3v) is 4.21. The van der Waals surface area contributed by atoms with Gasteiger partial charge in [0.25, 0.3) is 0 Å². The maximum Gasteiger partial charge on any atom is 0.179 e. The van der Waals surface area contributed by atoms with Crippen molar-refractivity contribution >= 4 is 8.69 Å². The van der Waals surface area contributed by atoms with Gasteiger partial charge in [-0.25, -0.2) is 0 Å². The van der Waals surface area contributed by atoms with Gasteiger partial charge in [0.2, 0.25) is 0 Å². The van der Waals surface area contributed by atoms with E-state index in [4.69, 9.17) is 4.52 Å². The fourth-order valence-corrected chi connectivity index (χ4v) is 2.74. The van der Waals surface area contributed by atoms with E-state index >= 15 is 0 Å². The first-order chi connectivity index (χ1) is 10.4. The van der Waals surface area contributed by atoms with Crippen LogP contribution in [0.4, 0.5) is 0 Å². The molecule has 3 heteroatoms. The highest BCUT2D eigenvalue weighted by molar-refractivity contribution is 7.17. The third-order valence-electron chi connectivity index (χ3n) is 3.84. The average Bonchev–Trinajstić information content (AvgIpc) is 2.50. The predicted octanol–water partition coefficient (Wildman–Crippen LogP) is 6.71. The van der Waals surface area contributed by atoms with Gasteiger partial charge >= 0.3 is 0 Å². The number of hydrogen-bond acceptors (Lipinski definition) is 2. The summed E-state index contributed by atoms with van der Waals surface area (Å²) in [5.74, 6) is 0. The van der Waals surface area contributed by atoms with Crippen LogP contribution < -0.4 is 0 Å². The van der Waals surface area contributed by atoms with E-state index in [1.807, 2.05) is 0 Å². The van der Waals surface area contributed by atoms with Crippen molar-refractivity contribution in [3.05, 3.63) is 12.2 Å². The van der Waals surface area contributed by atoms with Gasteiger partial charge in [-0.1, -0.05) is 76.9 Å². The molecule has 0 bridgehead atoms. The summed E-state index contributed by atoms with van der Waals surface area (Å²) < 4.78 is 15.0. The van der Waals surface area contributed by atoms with Crippen LogP contribution in [0.15, 0.2) is 12.2 Å². The minimum atomic E-state index is -0.999. The number of hydrogen-bond donors (Lipinski definition) is 0. The van der Waals surface area contributed by atoms with Gasteiger partial charge < -0.3 is 4.52 Å². The molecular formula is C18H37O2P. The van der Waals surface area contributed by atoms with Gasteiger partial charge in [0.15, 0.2) is 8.69 Å². The minimum absolute atomic E-state index is 0.681. The van der Waals surface area contributed by atoms with Crippen LogP contribution in [0.3, 0.4) is 0 Å². The lowest BCUT2D eigenvalue weighted by Crippen LogP contribution is -1.85. The predicted molar refractivity (Wildman–Crippen MR) is 95.8 cm³/mol. The number of rotatable bonds is 17. The Bertz CT molecular complexity index is 229. The summed E-state index contributed by atoms with van der Waals surface area (Å²) in [6.45, 7) is 2.95. The van der Waals surface area contributed by atoms with Crippen molar-refractivity contribution in [1.82, 2.24) is 0 Å². The van der Waals surface area contributed by atoms with Crippen molar-refractivity contribution in [2.75, 3.05) is 6.61 Å². The van der Waals surface area contributed by atoms with E-state index < -0.39 is 8.69 Å². The van der Waals surface area contributed by atoms with Crippen molar-refractivity contribution in [1.29, 1.82) is 0 Å². The minimum Gasteiger partial charge on any atom is -0.332 e. The maximum atomic E-state index is 10.1. The topological polar surface area (TPSA) is 26.3 Å². The molecule has 0 aromatic carbocycles. The molecule has 0 rings (SSSR count). The fraction of sp³-hybridized carbons (Fsp3) is 0.889. The molecule has 0 aliphatic carbocycles. The second kappa shape index (κ2) is 19.9. The van der Waals surface area contributed by atoms with E-state index in [-0.39, 0.29) is 0 Å². The van der Waals surface area contributed by atoms with Crippen LogP contribution in [-0.2, 0) is 9.09 Å². The van der Waals surface area contributed by atoms with E-state index in [9.17, 15) is 4.57 Å². The average molecular weight is 316 g/mol. The summed E-state index contributed by atoms with van der Waals surface area (Å²) in [6, 6.07) is 0. The lowest BCUT2D eigenvalue weighted by Gasteiger charge is -2.00. The zero-order valence-electron chi connectivity index (χ0n) is 14.2. The van der Waals surface area contributed by atoms with Gasteiger partial charge in [-0.15, -0.1) is 0 Å². The molecule has 0 aliphatic rings. The van der Waals surface area contributed by atoms with Gasteiger partial charge in [-0.2, -0.15) is 0 Å². The lowest BCUT2D eigenvalue weighted by molar-refractivity contribution is 0.328. The van der Waals surface area contributed by atoms with Gasteiger partial charge in [0.1, 0.15) is 0 Å². The van der Waals surface area contributed by atoms with Crippen molar-refractivity contribution in [2.45, 2.75) is 96.8 Å². The Labute approximate surface area is 134 Å². The quantitative estimate of drug-likeness (QED) is 0.169. The van der Waals surface area contributed by atoms with Gasteiger partial charge in [0.05, 0.1) is 6.61 Å². The summed E-state index contributed by atoms with van der Waals surface area (Å²) in [6.07, 6.45) is 23.2. The largest absolute Gasteiger partial charge is 0.332 e. The lowest BCUT2D eigenvalue weighted by atomic mass is 10.1. The molecule has 0 aromatic rings. The highest BCUT2D eigenvalue weighted by Gasteiger charge is 1.91. The van der Waals surface area contributed by atoms with Crippen molar-refractivity contribution in [3.63, 3.8) is 0 Å².